The summed E-state index contributed by atoms with van der Waals surface area (Å²) >= 11 is 0. The van der Waals surface area contributed by atoms with E-state index < -0.39 is 11.7 Å². The highest BCUT2D eigenvalue weighted by atomic mass is 19.1. The monoisotopic (exact) mass is 210 g/mol. The zero-order valence-electron chi connectivity index (χ0n) is 9.10. The maximum absolute atomic E-state index is 13.6. The molecule has 1 amide bonds. The van der Waals surface area contributed by atoms with Gasteiger partial charge in [-0.3, -0.25) is 4.79 Å². The van der Waals surface area contributed by atoms with Crippen LogP contribution in [0.5, 0.6) is 0 Å². The molecule has 15 heavy (non-hydrogen) atoms. The molecule has 0 aliphatic heterocycles. The summed E-state index contributed by atoms with van der Waals surface area (Å²) in [5.74, 6) is -1.17. The summed E-state index contributed by atoms with van der Waals surface area (Å²) in [5, 5.41) is 0. The predicted octanol–water partition coefficient (Wildman–Crippen LogP) is 1.80. The summed E-state index contributed by atoms with van der Waals surface area (Å²) in [6.07, 6.45) is 0. The van der Waals surface area contributed by atoms with E-state index in [1.807, 2.05) is 20.8 Å². The Kier molecular flexibility index (Phi) is 2.71. The second-order valence-corrected chi connectivity index (χ2v) is 4.53. The van der Waals surface area contributed by atoms with Crippen molar-refractivity contribution in [2.75, 3.05) is 5.73 Å². The minimum absolute atomic E-state index is 0.0282. The van der Waals surface area contributed by atoms with Gasteiger partial charge in [0.05, 0.1) is 5.56 Å². The van der Waals surface area contributed by atoms with Gasteiger partial charge in [0, 0.05) is 5.69 Å². The number of nitrogen functional groups attached to an aromatic ring is 1. The molecule has 0 aliphatic carbocycles. The van der Waals surface area contributed by atoms with E-state index in [1.165, 1.54) is 6.07 Å². The van der Waals surface area contributed by atoms with Crippen LogP contribution in [0.3, 0.4) is 0 Å². The number of hydrogen-bond acceptors (Lipinski definition) is 2. The number of hydrogen-bond donors (Lipinski definition) is 2. The van der Waals surface area contributed by atoms with Crippen molar-refractivity contribution in [3.05, 3.63) is 29.1 Å². The Bertz CT molecular complexity index is 408. The van der Waals surface area contributed by atoms with Gasteiger partial charge >= 0.3 is 0 Å². The Labute approximate surface area is 88.3 Å². The molecule has 0 aliphatic rings. The van der Waals surface area contributed by atoms with Crippen molar-refractivity contribution < 1.29 is 9.18 Å². The van der Waals surface area contributed by atoms with Crippen molar-refractivity contribution in [3.8, 4) is 0 Å². The zero-order valence-corrected chi connectivity index (χ0v) is 9.10. The molecule has 0 saturated carbocycles. The molecule has 0 unspecified atom stereocenters. The molecule has 0 heterocycles. The molecule has 1 rings (SSSR count). The molecular formula is C11H15FN2O. The van der Waals surface area contributed by atoms with Crippen molar-refractivity contribution in [3.63, 3.8) is 0 Å². The molecule has 0 bridgehead atoms. The van der Waals surface area contributed by atoms with Crippen molar-refractivity contribution in [2.24, 2.45) is 5.73 Å². The topological polar surface area (TPSA) is 69.1 Å². The Morgan fingerprint density at radius 1 is 1.33 bits per heavy atom. The lowest BCUT2D eigenvalue weighted by Gasteiger charge is -2.20. The van der Waals surface area contributed by atoms with Crippen LogP contribution in [0.2, 0.25) is 0 Å². The molecule has 0 fully saturated rings. The first-order valence-corrected chi connectivity index (χ1v) is 4.63. The fraction of sp³-hybridized carbons (Fsp3) is 0.364. The van der Waals surface area contributed by atoms with E-state index in [0.29, 0.717) is 5.56 Å². The number of halogens is 1. The SMILES string of the molecule is CC(C)(C)c1cc(N)c(C(N)=O)cc1F. The second-order valence-electron chi connectivity index (χ2n) is 4.53. The molecule has 1 aromatic rings. The largest absolute Gasteiger partial charge is 0.398 e. The number of carbonyl (C=O) groups excluding carboxylic acids is 1. The zero-order chi connectivity index (χ0) is 11.8. The molecule has 82 valence electrons. The van der Waals surface area contributed by atoms with Crippen LogP contribution in [0.15, 0.2) is 12.1 Å². The molecular weight excluding hydrogens is 195 g/mol. The highest BCUT2D eigenvalue weighted by molar-refractivity contribution is 5.98. The van der Waals surface area contributed by atoms with E-state index in [2.05, 4.69) is 0 Å². The van der Waals surface area contributed by atoms with Gasteiger partial charge in [-0.05, 0) is 23.1 Å². The lowest BCUT2D eigenvalue weighted by atomic mass is 9.85. The van der Waals surface area contributed by atoms with E-state index in [1.54, 1.807) is 0 Å². The highest BCUT2D eigenvalue weighted by Gasteiger charge is 2.21. The van der Waals surface area contributed by atoms with Crippen LogP contribution in [0, 0.1) is 5.82 Å². The third-order valence-electron chi connectivity index (χ3n) is 2.21. The van der Waals surface area contributed by atoms with E-state index >= 15 is 0 Å². The van der Waals surface area contributed by atoms with Crippen LogP contribution in [-0.2, 0) is 5.41 Å². The summed E-state index contributed by atoms with van der Waals surface area (Å²) in [6, 6.07) is 2.56. The van der Waals surface area contributed by atoms with E-state index in [4.69, 9.17) is 11.5 Å². The Hall–Kier alpha value is -1.58. The van der Waals surface area contributed by atoms with Crippen LogP contribution >= 0.6 is 0 Å². The first kappa shape index (κ1) is 11.5. The lowest BCUT2D eigenvalue weighted by Crippen LogP contribution is -2.18. The quantitative estimate of drug-likeness (QED) is 0.694. The van der Waals surface area contributed by atoms with Gasteiger partial charge in [-0.15, -0.1) is 0 Å². The number of benzene rings is 1. The van der Waals surface area contributed by atoms with Gasteiger partial charge in [0.1, 0.15) is 5.82 Å². The Balaban J connectivity index is 3.39. The number of anilines is 1. The average molecular weight is 210 g/mol. The van der Waals surface area contributed by atoms with Crippen molar-refractivity contribution in [1.82, 2.24) is 0 Å². The van der Waals surface area contributed by atoms with Gasteiger partial charge in [0.15, 0.2) is 0 Å². The first-order chi connectivity index (χ1) is 6.73. The van der Waals surface area contributed by atoms with Crippen LogP contribution in [-0.4, -0.2) is 5.91 Å². The third kappa shape index (κ3) is 2.26. The van der Waals surface area contributed by atoms with E-state index in [-0.39, 0.29) is 16.7 Å². The van der Waals surface area contributed by atoms with Gasteiger partial charge < -0.3 is 11.5 Å². The number of primary amides is 1. The predicted molar refractivity (Wildman–Crippen MR) is 58.0 cm³/mol. The van der Waals surface area contributed by atoms with Gasteiger partial charge in [-0.2, -0.15) is 0 Å². The van der Waals surface area contributed by atoms with Crippen LogP contribution in [0.4, 0.5) is 10.1 Å². The van der Waals surface area contributed by atoms with E-state index in [0.717, 1.165) is 6.07 Å². The fourth-order valence-electron chi connectivity index (χ4n) is 1.38. The molecule has 0 radical (unpaired) electrons. The normalized spacial score (nSPS) is 11.5. The fourth-order valence-corrected chi connectivity index (χ4v) is 1.38. The summed E-state index contributed by atoms with van der Waals surface area (Å²) in [4.78, 5) is 10.9. The number of amides is 1. The molecule has 0 atom stereocenters. The standard InChI is InChI=1S/C11H15FN2O/c1-11(2,3)7-5-9(13)6(10(14)15)4-8(7)12/h4-5H,13H2,1-3H3,(H2,14,15). The summed E-state index contributed by atoms with van der Waals surface area (Å²) < 4.78 is 13.6. The maximum atomic E-state index is 13.6. The molecule has 4 heteroatoms. The minimum atomic E-state index is -0.716. The Morgan fingerprint density at radius 3 is 2.27 bits per heavy atom. The molecule has 0 aromatic heterocycles. The van der Waals surface area contributed by atoms with Gasteiger partial charge in [-0.1, -0.05) is 20.8 Å². The summed E-state index contributed by atoms with van der Waals surface area (Å²) in [7, 11) is 0. The van der Waals surface area contributed by atoms with Crippen molar-refractivity contribution in [1.29, 1.82) is 0 Å². The lowest BCUT2D eigenvalue weighted by molar-refractivity contribution is 0.100. The van der Waals surface area contributed by atoms with Gasteiger partial charge in [0.25, 0.3) is 5.91 Å². The smallest absolute Gasteiger partial charge is 0.250 e. The molecule has 0 saturated heterocycles. The van der Waals surface area contributed by atoms with Crippen LogP contribution in [0.25, 0.3) is 0 Å². The summed E-state index contributed by atoms with van der Waals surface area (Å²) in [5.41, 5.74) is 11.0. The van der Waals surface area contributed by atoms with Crippen LogP contribution < -0.4 is 11.5 Å². The maximum Gasteiger partial charge on any atom is 0.250 e. The minimum Gasteiger partial charge on any atom is -0.398 e. The molecule has 1 aromatic carbocycles. The van der Waals surface area contributed by atoms with Crippen molar-refractivity contribution >= 4 is 11.6 Å². The average Bonchev–Trinajstić information content (AvgIpc) is 2.06. The summed E-state index contributed by atoms with van der Waals surface area (Å²) in [6.45, 7) is 5.61. The van der Waals surface area contributed by atoms with E-state index in [9.17, 15) is 9.18 Å². The third-order valence-corrected chi connectivity index (χ3v) is 2.21. The Morgan fingerprint density at radius 2 is 1.87 bits per heavy atom. The number of carbonyl (C=O) groups is 1. The van der Waals surface area contributed by atoms with Crippen LogP contribution in [0.1, 0.15) is 36.7 Å². The molecule has 0 spiro atoms. The first-order valence-electron chi connectivity index (χ1n) is 4.63. The van der Waals surface area contributed by atoms with Gasteiger partial charge in [-0.25, -0.2) is 4.39 Å². The number of nitrogens with two attached hydrogens (primary N) is 2. The molecule has 3 nitrogen and oxygen atoms in total. The van der Waals surface area contributed by atoms with Crippen molar-refractivity contribution in [2.45, 2.75) is 26.2 Å². The number of rotatable bonds is 1. The molecule has 4 N–H and O–H groups in total. The van der Waals surface area contributed by atoms with Gasteiger partial charge in [0.2, 0.25) is 0 Å². The highest BCUT2D eigenvalue weighted by Crippen LogP contribution is 2.28. The second kappa shape index (κ2) is 3.53.